The van der Waals surface area contributed by atoms with Crippen molar-refractivity contribution >= 4 is 0 Å². The lowest BCUT2D eigenvalue weighted by molar-refractivity contribution is 0.174. The topological polar surface area (TPSA) is 54.5 Å². The summed E-state index contributed by atoms with van der Waals surface area (Å²) in [5.41, 5.74) is 5.80. The van der Waals surface area contributed by atoms with Crippen molar-refractivity contribution in [3.63, 3.8) is 0 Å². The van der Waals surface area contributed by atoms with Gasteiger partial charge in [0.2, 0.25) is 0 Å². The molecule has 0 aliphatic heterocycles. The van der Waals surface area contributed by atoms with E-state index in [1.165, 1.54) is 11.3 Å². The van der Waals surface area contributed by atoms with Crippen LogP contribution in [-0.2, 0) is 5.41 Å². The Morgan fingerprint density at radius 1 is 1.19 bits per heavy atom. The highest BCUT2D eigenvalue weighted by atomic mass is 15.1. The predicted octanol–water partition coefficient (Wildman–Crippen LogP) is 3.99. The summed E-state index contributed by atoms with van der Waals surface area (Å²) in [6.45, 7) is 13.6. The van der Waals surface area contributed by atoms with Crippen LogP contribution < -0.4 is 0 Å². The minimum Gasteiger partial charge on any atom is -0.281 e. The van der Waals surface area contributed by atoms with Crippen molar-refractivity contribution in [2.45, 2.75) is 59.3 Å². The van der Waals surface area contributed by atoms with Gasteiger partial charge in [-0.05, 0) is 30.7 Å². The van der Waals surface area contributed by atoms with E-state index < -0.39 is 0 Å². The van der Waals surface area contributed by atoms with Crippen LogP contribution in [0.25, 0.3) is 11.4 Å². The molecule has 0 bridgehead atoms. The van der Waals surface area contributed by atoms with Crippen molar-refractivity contribution in [2.24, 2.45) is 5.41 Å². The molecule has 0 saturated heterocycles. The molecule has 0 amide bonds. The maximum absolute atomic E-state index is 4.59. The summed E-state index contributed by atoms with van der Waals surface area (Å²) >= 11 is 0. The molecule has 112 valence electrons. The van der Waals surface area contributed by atoms with E-state index in [0.29, 0.717) is 5.92 Å². The summed E-state index contributed by atoms with van der Waals surface area (Å²) in [7, 11) is 0. The Balaban J connectivity index is 2.23. The van der Waals surface area contributed by atoms with Crippen molar-refractivity contribution in [1.82, 2.24) is 20.2 Å². The zero-order valence-corrected chi connectivity index (χ0v) is 13.8. The molecule has 1 N–H and O–H groups in total. The number of hydrogen-bond acceptors (Lipinski definition) is 3. The molecule has 1 unspecified atom stereocenters. The van der Waals surface area contributed by atoms with E-state index in [1.807, 2.05) is 13.0 Å². The first kappa shape index (κ1) is 14.2. The summed E-state index contributed by atoms with van der Waals surface area (Å²) in [5.74, 6) is 0.492. The van der Waals surface area contributed by atoms with Crippen molar-refractivity contribution in [3.05, 3.63) is 29.3 Å². The van der Waals surface area contributed by atoms with Crippen LogP contribution in [0.1, 0.15) is 63.9 Å². The van der Waals surface area contributed by atoms with Gasteiger partial charge < -0.3 is 0 Å². The smallest absolute Gasteiger partial charge is 0.116 e. The van der Waals surface area contributed by atoms with Crippen LogP contribution in [0.15, 0.2) is 12.4 Å². The first-order valence-corrected chi connectivity index (χ1v) is 7.68. The molecule has 3 rings (SSSR count). The Kier molecular flexibility index (Phi) is 2.98. The third-order valence-electron chi connectivity index (χ3n) is 5.71. The minimum atomic E-state index is 0.0797. The van der Waals surface area contributed by atoms with E-state index in [0.717, 1.165) is 23.5 Å². The highest BCUT2D eigenvalue weighted by Crippen LogP contribution is 2.60. The Hall–Kier alpha value is -1.71. The van der Waals surface area contributed by atoms with Gasteiger partial charge in [0.1, 0.15) is 12.0 Å². The van der Waals surface area contributed by atoms with E-state index in [9.17, 15) is 0 Å². The van der Waals surface area contributed by atoms with E-state index in [2.05, 4.69) is 54.8 Å². The van der Waals surface area contributed by atoms with Crippen LogP contribution in [0.3, 0.4) is 0 Å². The number of nitrogens with zero attached hydrogens (tertiary/aromatic N) is 3. The lowest BCUT2D eigenvalue weighted by Crippen LogP contribution is -2.35. The summed E-state index contributed by atoms with van der Waals surface area (Å²) in [6, 6.07) is 2.02. The monoisotopic (exact) mass is 284 g/mol. The lowest BCUT2D eigenvalue weighted by atomic mass is 9.65. The third kappa shape index (κ3) is 1.78. The second-order valence-electron chi connectivity index (χ2n) is 7.21. The second-order valence-corrected chi connectivity index (χ2v) is 7.21. The van der Waals surface area contributed by atoms with Crippen molar-refractivity contribution in [3.8, 4) is 11.4 Å². The van der Waals surface area contributed by atoms with Gasteiger partial charge >= 0.3 is 0 Å². The van der Waals surface area contributed by atoms with Crippen LogP contribution >= 0.6 is 0 Å². The Labute approximate surface area is 126 Å². The molecular weight excluding hydrogens is 260 g/mol. The second kappa shape index (κ2) is 4.39. The van der Waals surface area contributed by atoms with Gasteiger partial charge in [-0.15, -0.1) is 0 Å². The molecule has 2 heterocycles. The molecule has 0 radical (unpaired) electrons. The number of aromatic amines is 1. The summed E-state index contributed by atoms with van der Waals surface area (Å²) < 4.78 is 0. The summed E-state index contributed by atoms with van der Waals surface area (Å²) in [4.78, 5) is 8.62. The molecule has 2 aromatic heterocycles. The number of aryl methyl sites for hydroxylation is 1. The highest BCUT2D eigenvalue weighted by molar-refractivity contribution is 5.64. The summed E-state index contributed by atoms with van der Waals surface area (Å²) in [6.07, 6.45) is 2.73. The molecule has 0 aromatic carbocycles. The maximum atomic E-state index is 4.59. The molecule has 4 nitrogen and oxygen atoms in total. The maximum Gasteiger partial charge on any atom is 0.116 e. The van der Waals surface area contributed by atoms with Crippen molar-refractivity contribution in [2.75, 3.05) is 0 Å². The van der Waals surface area contributed by atoms with E-state index in [1.54, 1.807) is 6.33 Å². The fourth-order valence-electron chi connectivity index (χ4n) is 3.78. The number of fused-ring (bicyclic) bond motifs is 1. The Morgan fingerprint density at radius 2 is 1.90 bits per heavy atom. The molecule has 0 spiro atoms. The van der Waals surface area contributed by atoms with Gasteiger partial charge in [-0.3, -0.25) is 5.10 Å². The van der Waals surface area contributed by atoms with Gasteiger partial charge in [0.05, 0.1) is 5.69 Å². The fraction of sp³-hybridized carbons (Fsp3) is 0.588. The van der Waals surface area contributed by atoms with Crippen LogP contribution in [0.2, 0.25) is 0 Å². The minimum absolute atomic E-state index is 0.0797. The molecule has 4 heteroatoms. The molecule has 1 atom stereocenters. The van der Waals surface area contributed by atoms with Crippen LogP contribution in [0, 0.1) is 12.3 Å². The van der Waals surface area contributed by atoms with E-state index >= 15 is 0 Å². The largest absolute Gasteiger partial charge is 0.281 e. The molecular formula is C17H24N4. The fourth-order valence-corrected chi connectivity index (χ4v) is 3.78. The van der Waals surface area contributed by atoms with Gasteiger partial charge in [0.25, 0.3) is 0 Å². The Morgan fingerprint density at radius 3 is 2.52 bits per heavy atom. The number of H-pyrrole nitrogens is 1. The van der Waals surface area contributed by atoms with E-state index in [4.69, 9.17) is 0 Å². The van der Waals surface area contributed by atoms with Crippen molar-refractivity contribution < 1.29 is 0 Å². The van der Waals surface area contributed by atoms with E-state index in [-0.39, 0.29) is 10.8 Å². The average molecular weight is 284 g/mol. The number of rotatable bonds is 2. The molecule has 1 aliphatic carbocycles. The predicted molar refractivity (Wildman–Crippen MR) is 84.2 cm³/mol. The average Bonchev–Trinajstić information content (AvgIpc) is 2.89. The van der Waals surface area contributed by atoms with Crippen molar-refractivity contribution in [1.29, 1.82) is 0 Å². The SMILES string of the molecule is CCC1c2c(-c3cc(C)ncn3)n[nH]c2C(C)(C)C1(C)C. The summed E-state index contributed by atoms with van der Waals surface area (Å²) in [5, 5.41) is 7.90. The standard InChI is InChI=1S/C17H24N4/c1-7-11-13-14(12-8-10(2)18-9-19-12)20-21-15(13)17(5,6)16(11,3)4/h8-9,11H,7H2,1-6H3,(H,20,21). The zero-order chi connectivity index (χ0) is 15.4. The highest BCUT2D eigenvalue weighted by Gasteiger charge is 2.54. The van der Waals surface area contributed by atoms with Gasteiger partial charge in [-0.2, -0.15) is 5.10 Å². The van der Waals surface area contributed by atoms with Gasteiger partial charge in [-0.25, -0.2) is 9.97 Å². The van der Waals surface area contributed by atoms with Crippen LogP contribution in [0.4, 0.5) is 0 Å². The molecule has 1 aliphatic rings. The normalized spacial score (nSPS) is 22.3. The third-order valence-corrected chi connectivity index (χ3v) is 5.71. The first-order chi connectivity index (χ1) is 9.80. The van der Waals surface area contributed by atoms with Gasteiger partial charge in [0, 0.05) is 22.4 Å². The molecule has 0 fully saturated rings. The quantitative estimate of drug-likeness (QED) is 0.907. The Bertz CT molecular complexity index is 682. The van der Waals surface area contributed by atoms with Gasteiger partial charge in [0.15, 0.2) is 0 Å². The molecule has 2 aromatic rings. The molecule has 21 heavy (non-hydrogen) atoms. The number of hydrogen-bond donors (Lipinski definition) is 1. The zero-order valence-electron chi connectivity index (χ0n) is 13.8. The molecule has 0 saturated carbocycles. The van der Waals surface area contributed by atoms with Gasteiger partial charge in [-0.1, -0.05) is 34.6 Å². The number of aromatic nitrogens is 4. The van der Waals surface area contributed by atoms with Crippen LogP contribution in [-0.4, -0.2) is 20.2 Å². The lowest BCUT2D eigenvalue weighted by Gasteiger charge is -2.39. The first-order valence-electron chi connectivity index (χ1n) is 7.68. The number of nitrogens with one attached hydrogen (secondary N) is 1. The van der Waals surface area contributed by atoms with Crippen LogP contribution in [0.5, 0.6) is 0 Å².